The molecule has 0 aromatic rings. The molecule has 5 nitrogen and oxygen atoms in total. The second kappa shape index (κ2) is 4.39. The summed E-state index contributed by atoms with van der Waals surface area (Å²) in [4.78, 5) is 10.3. The lowest BCUT2D eigenvalue weighted by Gasteiger charge is -2.28. The van der Waals surface area contributed by atoms with Gasteiger partial charge < -0.3 is 19.7 Å². The molecule has 72 valence electrons. The minimum absolute atomic E-state index is 0.417. The molecule has 0 bridgehead atoms. The molecule has 0 saturated heterocycles. The standard InChI is InChI=1S/C7H14O5/c1-7(10,4-5(8)9)6(11-2)12-3/h6,10H,4H2,1-3H3,(H,8,9). The van der Waals surface area contributed by atoms with Gasteiger partial charge in [0, 0.05) is 14.2 Å². The van der Waals surface area contributed by atoms with E-state index in [1.165, 1.54) is 21.1 Å². The highest BCUT2D eigenvalue weighted by molar-refractivity contribution is 5.68. The molecular formula is C7H14O5. The van der Waals surface area contributed by atoms with E-state index in [4.69, 9.17) is 14.6 Å². The normalized spacial score (nSPS) is 16.1. The molecule has 0 aromatic heterocycles. The maximum absolute atomic E-state index is 10.3. The largest absolute Gasteiger partial charge is 0.481 e. The quantitative estimate of drug-likeness (QED) is 0.572. The van der Waals surface area contributed by atoms with Gasteiger partial charge in [-0.2, -0.15) is 0 Å². The number of hydrogen-bond donors (Lipinski definition) is 2. The van der Waals surface area contributed by atoms with Gasteiger partial charge in [0.05, 0.1) is 6.42 Å². The Labute approximate surface area is 70.9 Å². The molecule has 0 rings (SSSR count). The third-order valence-corrected chi connectivity index (χ3v) is 1.45. The zero-order valence-electron chi connectivity index (χ0n) is 7.40. The molecule has 0 radical (unpaired) electrons. The van der Waals surface area contributed by atoms with Gasteiger partial charge in [0.1, 0.15) is 5.60 Å². The number of hydrogen-bond acceptors (Lipinski definition) is 4. The fraction of sp³-hybridized carbons (Fsp3) is 0.857. The van der Waals surface area contributed by atoms with E-state index in [0.717, 1.165) is 0 Å². The monoisotopic (exact) mass is 178 g/mol. The summed E-state index contributed by atoms with van der Waals surface area (Å²) in [7, 11) is 2.68. The van der Waals surface area contributed by atoms with Crippen molar-refractivity contribution in [1.82, 2.24) is 0 Å². The molecular weight excluding hydrogens is 164 g/mol. The van der Waals surface area contributed by atoms with Gasteiger partial charge in [0.2, 0.25) is 0 Å². The molecule has 2 N–H and O–H groups in total. The Hall–Kier alpha value is -0.650. The maximum Gasteiger partial charge on any atom is 0.306 e. The number of carboxylic acids is 1. The third-order valence-electron chi connectivity index (χ3n) is 1.45. The molecule has 0 amide bonds. The zero-order valence-corrected chi connectivity index (χ0v) is 7.40. The molecule has 1 unspecified atom stereocenters. The molecule has 0 aliphatic carbocycles. The van der Waals surface area contributed by atoms with Crippen LogP contribution in [-0.2, 0) is 14.3 Å². The Balaban J connectivity index is 4.24. The van der Waals surface area contributed by atoms with Crippen LogP contribution in [0.5, 0.6) is 0 Å². The van der Waals surface area contributed by atoms with Crippen LogP contribution in [0, 0.1) is 0 Å². The van der Waals surface area contributed by atoms with E-state index < -0.39 is 24.3 Å². The van der Waals surface area contributed by atoms with Crippen molar-refractivity contribution in [3.63, 3.8) is 0 Å². The van der Waals surface area contributed by atoms with Gasteiger partial charge in [-0.25, -0.2) is 0 Å². The van der Waals surface area contributed by atoms with Gasteiger partial charge >= 0.3 is 5.97 Å². The summed E-state index contributed by atoms with van der Waals surface area (Å²) < 4.78 is 9.46. The lowest BCUT2D eigenvalue weighted by Crippen LogP contribution is -2.43. The molecule has 0 saturated carbocycles. The van der Waals surface area contributed by atoms with Crippen LogP contribution in [0.25, 0.3) is 0 Å². The van der Waals surface area contributed by atoms with Crippen LogP contribution >= 0.6 is 0 Å². The van der Waals surface area contributed by atoms with E-state index >= 15 is 0 Å². The number of rotatable bonds is 5. The molecule has 0 heterocycles. The van der Waals surface area contributed by atoms with Crippen LogP contribution in [0.15, 0.2) is 0 Å². The van der Waals surface area contributed by atoms with Crippen molar-refractivity contribution in [1.29, 1.82) is 0 Å². The Morgan fingerprint density at radius 3 is 2.17 bits per heavy atom. The molecule has 0 fully saturated rings. The topological polar surface area (TPSA) is 76.0 Å². The summed E-state index contributed by atoms with van der Waals surface area (Å²) in [5.41, 5.74) is -1.50. The minimum atomic E-state index is -1.50. The van der Waals surface area contributed by atoms with Crippen LogP contribution < -0.4 is 0 Å². The number of carboxylic acid groups (broad SMARTS) is 1. The summed E-state index contributed by atoms with van der Waals surface area (Å²) in [6.45, 7) is 1.35. The Bertz CT molecular complexity index is 150. The van der Waals surface area contributed by atoms with Crippen molar-refractivity contribution in [3.8, 4) is 0 Å². The fourth-order valence-electron chi connectivity index (χ4n) is 0.994. The zero-order chi connectivity index (χ0) is 9.78. The third kappa shape index (κ3) is 3.17. The van der Waals surface area contributed by atoms with Crippen LogP contribution in [0.4, 0.5) is 0 Å². The highest BCUT2D eigenvalue weighted by atomic mass is 16.7. The van der Waals surface area contributed by atoms with Crippen LogP contribution in [0.2, 0.25) is 0 Å². The van der Waals surface area contributed by atoms with E-state index in [2.05, 4.69) is 0 Å². The number of carbonyl (C=O) groups is 1. The summed E-state index contributed by atoms with van der Waals surface area (Å²) in [5.74, 6) is -1.10. The number of methoxy groups -OCH3 is 2. The highest BCUT2D eigenvalue weighted by Gasteiger charge is 2.34. The van der Waals surface area contributed by atoms with Crippen molar-refractivity contribution >= 4 is 5.97 Å². The van der Waals surface area contributed by atoms with E-state index in [9.17, 15) is 9.90 Å². The number of aliphatic carboxylic acids is 1. The first kappa shape index (κ1) is 11.4. The second-order valence-corrected chi connectivity index (χ2v) is 2.73. The fourth-order valence-corrected chi connectivity index (χ4v) is 0.994. The predicted molar refractivity (Wildman–Crippen MR) is 40.7 cm³/mol. The predicted octanol–water partition coefficient (Wildman–Crippen LogP) is -0.169. The van der Waals surface area contributed by atoms with Crippen LogP contribution in [-0.4, -0.2) is 42.3 Å². The first-order valence-corrected chi connectivity index (χ1v) is 3.44. The van der Waals surface area contributed by atoms with Crippen molar-refractivity contribution < 1.29 is 24.5 Å². The summed E-state index contributed by atoms with van der Waals surface area (Å²) >= 11 is 0. The SMILES string of the molecule is COC(OC)C(C)(O)CC(=O)O. The first-order chi connectivity index (χ1) is 5.44. The van der Waals surface area contributed by atoms with Gasteiger partial charge in [0.15, 0.2) is 6.29 Å². The Morgan fingerprint density at radius 2 is 1.92 bits per heavy atom. The van der Waals surface area contributed by atoms with E-state index in [-0.39, 0.29) is 0 Å². The molecule has 0 aliphatic heterocycles. The lowest BCUT2D eigenvalue weighted by atomic mass is 10.0. The highest BCUT2D eigenvalue weighted by Crippen LogP contribution is 2.17. The second-order valence-electron chi connectivity index (χ2n) is 2.73. The average molecular weight is 178 g/mol. The summed E-state index contributed by atoms with van der Waals surface area (Å²) in [6, 6.07) is 0. The van der Waals surface area contributed by atoms with Gasteiger partial charge in [-0.1, -0.05) is 0 Å². The molecule has 1 atom stereocenters. The molecule has 0 aromatic carbocycles. The minimum Gasteiger partial charge on any atom is -0.481 e. The van der Waals surface area contributed by atoms with Crippen molar-refractivity contribution in [2.24, 2.45) is 0 Å². The molecule has 0 spiro atoms. The molecule has 0 aliphatic rings. The van der Waals surface area contributed by atoms with E-state index in [0.29, 0.717) is 0 Å². The summed E-state index contributed by atoms with van der Waals surface area (Å²) in [6.07, 6.45) is -1.34. The lowest BCUT2D eigenvalue weighted by molar-refractivity contribution is -0.213. The van der Waals surface area contributed by atoms with E-state index in [1.807, 2.05) is 0 Å². The van der Waals surface area contributed by atoms with Gasteiger partial charge in [-0.05, 0) is 6.92 Å². The van der Waals surface area contributed by atoms with Crippen molar-refractivity contribution in [2.45, 2.75) is 25.2 Å². The van der Waals surface area contributed by atoms with Gasteiger partial charge in [0.25, 0.3) is 0 Å². The number of aliphatic hydroxyl groups is 1. The van der Waals surface area contributed by atoms with Gasteiger partial charge in [-0.3, -0.25) is 4.79 Å². The average Bonchev–Trinajstić information content (AvgIpc) is 1.85. The molecule has 12 heavy (non-hydrogen) atoms. The smallest absolute Gasteiger partial charge is 0.306 e. The van der Waals surface area contributed by atoms with Gasteiger partial charge in [-0.15, -0.1) is 0 Å². The molecule has 5 heteroatoms. The van der Waals surface area contributed by atoms with Crippen LogP contribution in [0.1, 0.15) is 13.3 Å². The summed E-state index contributed by atoms with van der Waals surface area (Å²) in [5, 5.41) is 17.9. The number of ether oxygens (including phenoxy) is 2. The maximum atomic E-state index is 10.3. The van der Waals surface area contributed by atoms with Crippen molar-refractivity contribution in [3.05, 3.63) is 0 Å². The Kier molecular flexibility index (Phi) is 4.16. The van der Waals surface area contributed by atoms with Crippen molar-refractivity contribution in [2.75, 3.05) is 14.2 Å². The first-order valence-electron chi connectivity index (χ1n) is 3.44. The Morgan fingerprint density at radius 1 is 1.50 bits per heavy atom. The van der Waals surface area contributed by atoms with E-state index in [1.54, 1.807) is 0 Å². The van der Waals surface area contributed by atoms with Crippen LogP contribution in [0.3, 0.4) is 0 Å².